The zero-order valence-corrected chi connectivity index (χ0v) is 12.8. The van der Waals surface area contributed by atoms with Gasteiger partial charge >= 0.3 is 0 Å². The number of hydrogen-bond donors (Lipinski definition) is 2. The predicted octanol–water partition coefficient (Wildman–Crippen LogP) is 1.75. The maximum Gasteiger partial charge on any atom is 0.236 e. The summed E-state index contributed by atoms with van der Waals surface area (Å²) in [6.07, 6.45) is 3.47. The molecule has 0 saturated carbocycles. The van der Waals surface area contributed by atoms with Gasteiger partial charge in [0, 0.05) is 13.1 Å². The number of thioether (sulfide) groups is 1. The van der Waals surface area contributed by atoms with Crippen molar-refractivity contribution in [1.29, 1.82) is 0 Å². The van der Waals surface area contributed by atoms with Crippen molar-refractivity contribution in [1.82, 2.24) is 4.90 Å². The van der Waals surface area contributed by atoms with E-state index < -0.39 is 5.41 Å². The summed E-state index contributed by atoms with van der Waals surface area (Å²) in [5.41, 5.74) is 4.72. The van der Waals surface area contributed by atoms with Crippen molar-refractivity contribution in [2.45, 2.75) is 39.7 Å². The molecule has 0 aromatic rings. The molecule has 3 N–H and O–H groups in total. The third kappa shape index (κ3) is 3.80. The first-order chi connectivity index (χ1) is 8.34. The van der Waals surface area contributed by atoms with Gasteiger partial charge in [0.15, 0.2) is 5.84 Å². The lowest BCUT2D eigenvalue weighted by molar-refractivity contribution is -0.138. The summed E-state index contributed by atoms with van der Waals surface area (Å²) >= 11 is 1.76. The first kappa shape index (κ1) is 17.1. The topological polar surface area (TPSA) is 78.9 Å². The first-order valence-corrected chi connectivity index (χ1v) is 7.48. The number of hydrogen-bond acceptors (Lipinski definition) is 4. The standard InChI is InChI=1S/C12H25N3O2S/c1-6-12(3,10(13)14-17)11(16)15(4)9(2)7-8-18-5/h9,17H,6-8H2,1-5H3,(H2,13,14). The fourth-order valence-corrected chi connectivity index (χ4v) is 2.20. The van der Waals surface area contributed by atoms with E-state index in [1.54, 1.807) is 30.6 Å². The normalized spacial score (nSPS) is 17.1. The lowest BCUT2D eigenvalue weighted by Gasteiger charge is -2.34. The fourth-order valence-electron chi connectivity index (χ4n) is 1.62. The molecule has 6 heteroatoms. The van der Waals surface area contributed by atoms with Crippen LogP contribution in [0.5, 0.6) is 0 Å². The molecule has 1 amide bonds. The highest BCUT2D eigenvalue weighted by Crippen LogP contribution is 2.25. The van der Waals surface area contributed by atoms with E-state index in [0.717, 1.165) is 12.2 Å². The molecule has 0 radical (unpaired) electrons. The van der Waals surface area contributed by atoms with Crippen LogP contribution in [0.15, 0.2) is 5.16 Å². The second-order valence-corrected chi connectivity index (χ2v) is 5.70. The van der Waals surface area contributed by atoms with E-state index in [4.69, 9.17) is 10.9 Å². The summed E-state index contributed by atoms with van der Waals surface area (Å²) in [5.74, 6) is 0.874. The van der Waals surface area contributed by atoms with E-state index in [-0.39, 0.29) is 17.8 Å². The van der Waals surface area contributed by atoms with Gasteiger partial charge < -0.3 is 15.8 Å². The second-order valence-electron chi connectivity index (χ2n) is 4.72. The van der Waals surface area contributed by atoms with Crippen LogP contribution in [-0.2, 0) is 4.79 Å². The van der Waals surface area contributed by atoms with Crippen LogP contribution in [0.1, 0.15) is 33.6 Å². The minimum Gasteiger partial charge on any atom is -0.409 e. The van der Waals surface area contributed by atoms with E-state index >= 15 is 0 Å². The molecule has 0 rings (SSSR count). The first-order valence-electron chi connectivity index (χ1n) is 6.09. The summed E-state index contributed by atoms with van der Waals surface area (Å²) in [6, 6.07) is 0.141. The van der Waals surface area contributed by atoms with Gasteiger partial charge in [-0.3, -0.25) is 4.79 Å². The second kappa shape index (κ2) is 7.51. The molecule has 0 aliphatic rings. The lowest BCUT2D eigenvalue weighted by atomic mass is 9.84. The van der Waals surface area contributed by atoms with Gasteiger partial charge in [0.25, 0.3) is 0 Å². The highest BCUT2D eigenvalue weighted by molar-refractivity contribution is 7.98. The fraction of sp³-hybridized carbons (Fsp3) is 0.833. The van der Waals surface area contributed by atoms with Gasteiger partial charge in [0.2, 0.25) is 5.91 Å². The molecule has 106 valence electrons. The Hall–Kier alpha value is -0.910. The van der Waals surface area contributed by atoms with Crippen LogP contribution in [0.4, 0.5) is 0 Å². The highest BCUT2D eigenvalue weighted by atomic mass is 32.2. The van der Waals surface area contributed by atoms with Crippen molar-refractivity contribution in [3.8, 4) is 0 Å². The highest BCUT2D eigenvalue weighted by Gasteiger charge is 2.39. The Balaban J connectivity index is 4.89. The van der Waals surface area contributed by atoms with Crippen LogP contribution in [0.3, 0.4) is 0 Å². The van der Waals surface area contributed by atoms with E-state index in [1.807, 2.05) is 20.1 Å². The summed E-state index contributed by atoms with van der Waals surface area (Å²) in [7, 11) is 1.77. The van der Waals surface area contributed by atoms with Crippen molar-refractivity contribution in [3.63, 3.8) is 0 Å². The van der Waals surface area contributed by atoms with Crippen molar-refractivity contribution in [3.05, 3.63) is 0 Å². The number of nitrogens with zero attached hydrogens (tertiary/aromatic N) is 2. The molecule has 0 aromatic heterocycles. The van der Waals surface area contributed by atoms with Gasteiger partial charge in [0.1, 0.15) is 5.41 Å². The number of amides is 1. The van der Waals surface area contributed by atoms with Gasteiger partial charge in [-0.1, -0.05) is 12.1 Å². The van der Waals surface area contributed by atoms with Gasteiger partial charge in [0.05, 0.1) is 0 Å². The largest absolute Gasteiger partial charge is 0.409 e. The molecule has 0 aliphatic carbocycles. The van der Waals surface area contributed by atoms with Gasteiger partial charge in [-0.15, -0.1) is 0 Å². The number of carbonyl (C=O) groups excluding carboxylic acids is 1. The molecule has 18 heavy (non-hydrogen) atoms. The zero-order chi connectivity index (χ0) is 14.3. The molecular weight excluding hydrogens is 250 g/mol. The van der Waals surface area contributed by atoms with Gasteiger partial charge in [-0.25, -0.2) is 0 Å². The van der Waals surface area contributed by atoms with Crippen molar-refractivity contribution in [2.24, 2.45) is 16.3 Å². The molecule has 0 bridgehead atoms. The molecule has 0 saturated heterocycles. The summed E-state index contributed by atoms with van der Waals surface area (Å²) in [5, 5.41) is 11.8. The average molecular weight is 275 g/mol. The van der Waals surface area contributed by atoms with Crippen molar-refractivity contribution in [2.75, 3.05) is 19.1 Å². The minimum absolute atomic E-state index is 0.0288. The van der Waals surface area contributed by atoms with Gasteiger partial charge in [-0.05, 0) is 38.7 Å². The van der Waals surface area contributed by atoms with E-state index in [0.29, 0.717) is 6.42 Å². The molecule has 0 fully saturated rings. The molecule has 5 nitrogen and oxygen atoms in total. The predicted molar refractivity (Wildman–Crippen MR) is 77.0 cm³/mol. The molecule has 2 atom stereocenters. The Kier molecular flexibility index (Phi) is 7.13. The van der Waals surface area contributed by atoms with Crippen LogP contribution >= 0.6 is 11.8 Å². The Labute approximate surface area is 114 Å². The van der Waals surface area contributed by atoms with E-state index in [9.17, 15) is 4.79 Å². The monoisotopic (exact) mass is 275 g/mol. The van der Waals surface area contributed by atoms with Crippen molar-refractivity contribution < 1.29 is 10.0 Å². The average Bonchev–Trinajstić information content (AvgIpc) is 2.40. The molecule has 0 heterocycles. The third-order valence-electron chi connectivity index (χ3n) is 3.57. The number of rotatable bonds is 7. The Bertz CT molecular complexity index is 310. The van der Waals surface area contributed by atoms with E-state index in [2.05, 4.69) is 5.16 Å². The molecule has 0 spiro atoms. The van der Waals surface area contributed by atoms with Crippen LogP contribution < -0.4 is 5.73 Å². The quantitative estimate of drug-likeness (QED) is 0.321. The molecule has 2 unspecified atom stereocenters. The number of nitrogens with two attached hydrogens (primary N) is 1. The van der Waals surface area contributed by atoms with Crippen LogP contribution in [0.2, 0.25) is 0 Å². The summed E-state index contributed by atoms with van der Waals surface area (Å²) in [4.78, 5) is 14.1. The Morgan fingerprint density at radius 3 is 2.56 bits per heavy atom. The number of amidine groups is 1. The van der Waals surface area contributed by atoms with Crippen LogP contribution in [0, 0.1) is 5.41 Å². The molecule has 0 aromatic carbocycles. The van der Waals surface area contributed by atoms with Crippen LogP contribution in [0.25, 0.3) is 0 Å². The van der Waals surface area contributed by atoms with Crippen LogP contribution in [-0.4, -0.2) is 46.9 Å². The Morgan fingerprint density at radius 1 is 1.61 bits per heavy atom. The summed E-state index contributed by atoms with van der Waals surface area (Å²) < 4.78 is 0. The third-order valence-corrected chi connectivity index (χ3v) is 4.22. The molecular formula is C12H25N3O2S. The SMILES string of the molecule is CCC(C)(C(=O)N(C)C(C)CCSC)C(N)=NO. The minimum atomic E-state index is -0.933. The summed E-state index contributed by atoms with van der Waals surface area (Å²) in [6.45, 7) is 5.58. The smallest absolute Gasteiger partial charge is 0.236 e. The Morgan fingerprint density at radius 2 is 2.17 bits per heavy atom. The maximum absolute atomic E-state index is 12.4. The van der Waals surface area contributed by atoms with E-state index in [1.165, 1.54) is 0 Å². The zero-order valence-electron chi connectivity index (χ0n) is 11.9. The lowest BCUT2D eigenvalue weighted by Crippen LogP contribution is -2.50. The maximum atomic E-state index is 12.4. The number of oxime groups is 1. The number of carbonyl (C=O) groups is 1. The van der Waals surface area contributed by atoms with Gasteiger partial charge in [-0.2, -0.15) is 11.8 Å². The van der Waals surface area contributed by atoms with Crippen molar-refractivity contribution >= 4 is 23.5 Å². The molecule has 0 aliphatic heterocycles.